The first kappa shape index (κ1) is 16.4. The first-order valence-corrected chi connectivity index (χ1v) is 9.30. The quantitative estimate of drug-likeness (QED) is 0.895. The molecule has 1 amide bonds. The Labute approximate surface area is 142 Å². The summed E-state index contributed by atoms with van der Waals surface area (Å²) in [6.07, 6.45) is 3.28. The van der Waals surface area contributed by atoms with Gasteiger partial charge in [-0.15, -0.1) is 0 Å². The standard InChI is InChI=1S/C18H25N3OS/c1-18(2)11-19-17(20-12-18)23-10-16(22)21-15-9-5-7-13-6-3-4-8-14(13)15/h3-4,6,8,15H,5,7,9-12H2,1-2H3,(H,19,20)(H,21,22)/t15-/m1/s1. The number of nitrogens with zero attached hydrogens (tertiary/aromatic N) is 1. The second-order valence-corrected chi connectivity index (χ2v) is 8.10. The number of rotatable bonds is 3. The van der Waals surface area contributed by atoms with E-state index in [4.69, 9.17) is 0 Å². The van der Waals surface area contributed by atoms with Gasteiger partial charge in [0.05, 0.1) is 11.8 Å². The van der Waals surface area contributed by atoms with E-state index in [1.54, 1.807) is 0 Å². The molecule has 0 spiro atoms. The lowest BCUT2D eigenvalue weighted by atomic mass is 9.88. The second kappa shape index (κ2) is 6.95. The van der Waals surface area contributed by atoms with Crippen LogP contribution in [0.4, 0.5) is 0 Å². The van der Waals surface area contributed by atoms with E-state index in [-0.39, 0.29) is 17.4 Å². The summed E-state index contributed by atoms with van der Waals surface area (Å²) < 4.78 is 0. The van der Waals surface area contributed by atoms with Crippen molar-refractivity contribution in [3.8, 4) is 0 Å². The van der Waals surface area contributed by atoms with E-state index >= 15 is 0 Å². The molecule has 0 bridgehead atoms. The molecule has 124 valence electrons. The fourth-order valence-electron chi connectivity index (χ4n) is 3.08. The maximum Gasteiger partial charge on any atom is 0.230 e. The third-order valence-corrected chi connectivity index (χ3v) is 5.37. The van der Waals surface area contributed by atoms with Crippen LogP contribution >= 0.6 is 11.8 Å². The number of hydrogen-bond donors (Lipinski definition) is 2. The Bertz CT molecular complexity index is 612. The Morgan fingerprint density at radius 3 is 3.04 bits per heavy atom. The second-order valence-electron chi connectivity index (χ2n) is 7.14. The third-order valence-electron chi connectivity index (χ3n) is 4.41. The molecule has 0 fully saturated rings. The van der Waals surface area contributed by atoms with Crippen molar-refractivity contribution in [3.63, 3.8) is 0 Å². The van der Waals surface area contributed by atoms with Crippen LogP contribution in [0.3, 0.4) is 0 Å². The lowest BCUT2D eigenvalue weighted by Gasteiger charge is -2.29. The summed E-state index contributed by atoms with van der Waals surface area (Å²) in [5.41, 5.74) is 2.86. The Morgan fingerprint density at radius 2 is 2.26 bits per heavy atom. The van der Waals surface area contributed by atoms with Crippen molar-refractivity contribution >= 4 is 22.8 Å². The zero-order valence-electron chi connectivity index (χ0n) is 13.9. The molecular weight excluding hydrogens is 306 g/mol. The van der Waals surface area contributed by atoms with Gasteiger partial charge in [-0.1, -0.05) is 49.9 Å². The van der Waals surface area contributed by atoms with E-state index in [0.717, 1.165) is 37.5 Å². The maximum atomic E-state index is 12.3. The summed E-state index contributed by atoms with van der Waals surface area (Å²) in [4.78, 5) is 16.8. The van der Waals surface area contributed by atoms with Crippen LogP contribution in [0, 0.1) is 5.41 Å². The highest BCUT2D eigenvalue weighted by molar-refractivity contribution is 8.14. The van der Waals surface area contributed by atoms with Crippen LogP contribution in [-0.2, 0) is 11.2 Å². The number of hydrogen-bond acceptors (Lipinski definition) is 4. The van der Waals surface area contributed by atoms with Gasteiger partial charge in [0.15, 0.2) is 5.17 Å². The van der Waals surface area contributed by atoms with E-state index in [2.05, 4.69) is 53.7 Å². The zero-order chi connectivity index (χ0) is 16.3. The van der Waals surface area contributed by atoms with Gasteiger partial charge in [-0.25, -0.2) is 0 Å². The molecule has 3 rings (SSSR count). The van der Waals surface area contributed by atoms with Gasteiger partial charge in [0, 0.05) is 18.5 Å². The van der Waals surface area contributed by atoms with E-state index in [0.29, 0.717) is 5.75 Å². The molecule has 0 saturated heterocycles. The van der Waals surface area contributed by atoms with Gasteiger partial charge in [-0.3, -0.25) is 9.79 Å². The van der Waals surface area contributed by atoms with Crippen LogP contribution in [0.5, 0.6) is 0 Å². The minimum atomic E-state index is 0.0889. The highest BCUT2D eigenvalue weighted by Gasteiger charge is 2.24. The van der Waals surface area contributed by atoms with Crippen molar-refractivity contribution in [2.75, 3.05) is 18.8 Å². The first-order valence-electron chi connectivity index (χ1n) is 8.32. The van der Waals surface area contributed by atoms with E-state index < -0.39 is 0 Å². The molecule has 0 radical (unpaired) electrons. The van der Waals surface area contributed by atoms with Gasteiger partial charge >= 0.3 is 0 Å². The summed E-state index contributed by atoms with van der Waals surface area (Å²) in [6.45, 7) is 6.12. The van der Waals surface area contributed by atoms with E-state index in [1.165, 1.54) is 22.9 Å². The van der Waals surface area contributed by atoms with Crippen LogP contribution < -0.4 is 10.6 Å². The van der Waals surface area contributed by atoms with Gasteiger partial charge in [-0.05, 0) is 30.4 Å². The molecule has 4 nitrogen and oxygen atoms in total. The van der Waals surface area contributed by atoms with E-state index in [1.807, 2.05) is 0 Å². The SMILES string of the molecule is CC1(C)CN=C(SCC(=O)N[C@@H]2CCCc3ccccc32)NC1. The molecule has 0 aromatic heterocycles. The average Bonchev–Trinajstić information content (AvgIpc) is 2.54. The molecule has 1 aromatic carbocycles. The summed E-state index contributed by atoms with van der Waals surface area (Å²) in [5.74, 6) is 0.510. The van der Waals surface area contributed by atoms with Crippen molar-refractivity contribution in [1.29, 1.82) is 0 Å². The predicted octanol–water partition coefficient (Wildman–Crippen LogP) is 2.90. The monoisotopic (exact) mass is 331 g/mol. The van der Waals surface area contributed by atoms with Crippen molar-refractivity contribution < 1.29 is 4.79 Å². The lowest BCUT2D eigenvalue weighted by Crippen LogP contribution is -2.40. The molecule has 0 saturated carbocycles. The van der Waals surface area contributed by atoms with Crippen molar-refractivity contribution in [1.82, 2.24) is 10.6 Å². The first-order chi connectivity index (χ1) is 11.0. The Morgan fingerprint density at radius 1 is 1.43 bits per heavy atom. The maximum absolute atomic E-state index is 12.3. The van der Waals surface area contributed by atoms with Gasteiger partial charge in [-0.2, -0.15) is 0 Å². The molecule has 1 atom stereocenters. The van der Waals surface area contributed by atoms with Crippen molar-refractivity contribution in [2.45, 2.75) is 39.2 Å². The Hall–Kier alpha value is -1.49. The summed E-state index contributed by atoms with van der Waals surface area (Å²) in [6, 6.07) is 8.60. The van der Waals surface area contributed by atoms with Crippen LogP contribution in [0.15, 0.2) is 29.3 Å². The molecule has 1 heterocycles. The Balaban J connectivity index is 1.52. The molecular formula is C18H25N3OS. The minimum absolute atomic E-state index is 0.0889. The molecule has 1 aliphatic heterocycles. The molecule has 0 unspecified atom stereocenters. The topological polar surface area (TPSA) is 53.5 Å². The largest absolute Gasteiger partial charge is 0.364 e. The number of amidine groups is 1. The van der Waals surface area contributed by atoms with Crippen molar-refractivity contribution in [2.24, 2.45) is 10.4 Å². The fraction of sp³-hybridized carbons (Fsp3) is 0.556. The number of benzene rings is 1. The van der Waals surface area contributed by atoms with Gasteiger partial charge in [0.2, 0.25) is 5.91 Å². The van der Waals surface area contributed by atoms with Crippen molar-refractivity contribution in [3.05, 3.63) is 35.4 Å². The summed E-state index contributed by atoms with van der Waals surface area (Å²) in [5, 5.41) is 7.40. The molecule has 5 heteroatoms. The lowest BCUT2D eigenvalue weighted by molar-refractivity contribution is -0.119. The highest BCUT2D eigenvalue weighted by atomic mass is 32.2. The number of carbonyl (C=O) groups excluding carboxylic acids is 1. The molecule has 2 N–H and O–H groups in total. The normalized spacial score (nSPS) is 22.5. The number of amides is 1. The van der Waals surface area contributed by atoms with Crippen LogP contribution in [0.2, 0.25) is 0 Å². The number of carbonyl (C=O) groups is 1. The third kappa shape index (κ3) is 4.28. The Kier molecular flexibility index (Phi) is 4.95. The van der Waals surface area contributed by atoms with Crippen LogP contribution in [0.1, 0.15) is 43.9 Å². The van der Waals surface area contributed by atoms with Gasteiger partial charge in [0.25, 0.3) is 0 Å². The number of aryl methyl sites for hydroxylation is 1. The zero-order valence-corrected chi connectivity index (χ0v) is 14.7. The van der Waals surface area contributed by atoms with Crippen LogP contribution in [0.25, 0.3) is 0 Å². The number of thioether (sulfide) groups is 1. The smallest absolute Gasteiger partial charge is 0.230 e. The summed E-state index contributed by atoms with van der Waals surface area (Å²) >= 11 is 1.50. The van der Waals surface area contributed by atoms with E-state index in [9.17, 15) is 4.79 Å². The molecule has 1 aromatic rings. The van der Waals surface area contributed by atoms with Gasteiger partial charge in [0.1, 0.15) is 0 Å². The fourth-order valence-corrected chi connectivity index (χ4v) is 3.76. The molecule has 2 aliphatic rings. The average molecular weight is 331 g/mol. The number of nitrogens with one attached hydrogen (secondary N) is 2. The number of fused-ring (bicyclic) bond motifs is 1. The van der Waals surface area contributed by atoms with Gasteiger partial charge < -0.3 is 10.6 Å². The van der Waals surface area contributed by atoms with Crippen LogP contribution in [-0.4, -0.2) is 29.9 Å². The predicted molar refractivity (Wildman–Crippen MR) is 96.8 cm³/mol. The summed E-state index contributed by atoms with van der Waals surface area (Å²) in [7, 11) is 0. The highest BCUT2D eigenvalue weighted by Crippen LogP contribution is 2.29. The minimum Gasteiger partial charge on any atom is -0.364 e. The molecule has 1 aliphatic carbocycles. The molecule has 23 heavy (non-hydrogen) atoms. The number of aliphatic imine (C=N–C) groups is 1.